The summed E-state index contributed by atoms with van der Waals surface area (Å²) in [6, 6.07) is 4.96. The fourth-order valence-corrected chi connectivity index (χ4v) is 2.18. The maximum Gasteiger partial charge on any atom is 0.337 e. The Balaban J connectivity index is 2.90. The second-order valence-electron chi connectivity index (χ2n) is 4.20. The van der Waals surface area contributed by atoms with Crippen molar-refractivity contribution in [3.8, 4) is 0 Å². The Morgan fingerprint density at radius 1 is 1.44 bits per heavy atom. The van der Waals surface area contributed by atoms with Gasteiger partial charge in [-0.1, -0.05) is 18.6 Å². The number of carboxylic acid groups (broad SMARTS) is 1. The highest BCUT2D eigenvalue weighted by molar-refractivity contribution is 7.98. The predicted molar refractivity (Wildman–Crippen MR) is 74.3 cm³/mol. The van der Waals surface area contributed by atoms with Crippen molar-refractivity contribution in [2.24, 2.45) is 5.92 Å². The molecule has 0 aliphatic carbocycles. The minimum Gasteiger partial charge on any atom is -0.478 e. The number of hydrogen-bond donors (Lipinski definition) is 2. The molecule has 5 heteroatoms. The zero-order valence-corrected chi connectivity index (χ0v) is 11.5. The molecule has 18 heavy (non-hydrogen) atoms. The fourth-order valence-electron chi connectivity index (χ4n) is 1.53. The van der Waals surface area contributed by atoms with Gasteiger partial charge in [-0.15, -0.1) is 0 Å². The van der Waals surface area contributed by atoms with E-state index in [9.17, 15) is 9.59 Å². The Labute approximate surface area is 111 Å². The van der Waals surface area contributed by atoms with Crippen LogP contribution < -0.4 is 5.32 Å². The number of carbonyl (C=O) groups is 2. The summed E-state index contributed by atoms with van der Waals surface area (Å²) in [5.74, 6) is -0.634. The number of aromatic carboxylic acids is 1. The van der Waals surface area contributed by atoms with Crippen molar-refractivity contribution in [3.05, 3.63) is 29.3 Å². The summed E-state index contributed by atoms with van der Waals surface area (Å²) in [5, 5.41) is 11.8. The zero-order chi connectivity index (χ0) is 13.7. The van der Waals surface area contributed by atoms with Crippen molar-refractivity contribution in [2.75, 3.05) is 17.3 Å². The van der Waals surface area contributed by atoms with E-state index in [1.807, 2.05) is 20.1 Å². The van der Waals surface area contributed by atoms with Gasteiger partial charge in [0.15, 0.2) is 0 Å². The fraction of sp³-hybridized carbons (Fsp3) is 0.385. The molecule has 0 heterocycles. The molecule has 0 spiro atoms. The van der Waals surface area contributed by atoms with E-state index in [1.54, 1.807) is 30.0 Å². The van der Waals surface area contributed by atoms with Crippen molar-refractivity contribution < 1.29 is 14.7 Å². The molecule has 1 amide bonds. The average molecular weight is 267 g/mol. The molecule has 0 saturated carbocycles. The van der Waals surface area contributed by atoms with E-state index in [1.165, 1.54) is 0 Å². The van der Waals surface area contributed by atoms with E-state index in [0.29, 0.717) is 11.4 Å². The summed E-state index contributed by atoms with van der Waals surface area (Å²) in [4.78, 5) is 22.9. The summed E-state index contributed by atoms with van der Waals surface area (Å²) in [5.41, 5.74) is 1.33. The second-order valence-corrected chi connectivity index (χ2v) is 5.11. The van der Waals surface area contributed by atoms with E-state index in [4.69, 9.17) is 5.11 Å². The molecule has 1 rings (SSSR count). The molecule has 0 radical (unpaired) electrons. The van der Waals surface area contributed by atoms with Gasteiger partial charge in [0.05, 0.1) is 11.3 Å². The van der Waals surface area contributed by atoms with Gasteiger partial charge in [0.1, 0.15) is 0 Å². The normalized spacial score (nSPS) is 11.9. The SMILES string of the molecule is CSCC(C)C(=O)Nc1ccc(C)cc1C(=O)O. The number of carboxylic acids is 1. The Morgan fingerprint density at radius 2 is 2.11 bits per heavy atom. The van der Waals surface area contributed by atoms with Gasteiger partial charge in [-0.2, -0.15) is 11.8 Å². The number of thioether (sulfide) groups is 1. The van der Waals surface area contributed by atoms with Gasteiger partial charge < -0.3 is 10.4 Å². The van der Waals surface area contributed by atoms with Crippen LogP contribution in [0, 0.1) is 12.8 Å². The first-order valence-electron chi connectivity index (χ1n) is 5.59. The topological polar surface area (TPSA) is 66.4 Å². The third-order valence-corrected chi connectivity index (χ3v) is 3.36. The molecule has 0 aliphatic heterocycles. The number of hydrogen-bond acceptors (Lipinski definition) is 3. The van der Waals surface area contributed by atoms with Crippen molar-refractivity contribution in [1.82, 2.24) is 0 Å². The minimum absolute atomic E-state index is 0.125. The van der Waals surface area contributed by atoms with Gasteiger partial charge in [-0.25, -0.2) is 4.79 Å². The van der Waals surface area contributed by atoms with Crippen LogP contribution in [-0.2, 0) is 4.79 Å². The Hall–Kier alpha value is -1.49. The lowest BCUT2D eigenvalue weighted by Gasteiger charge is -2.13. The maximum absolute atomic E-state index is 11.8. The third kappa shape index (κ3) is 3.77. The molecule has 0 aliphatic rings. The van der Waals surface area contributed by atoms with Gasteiger partial charge in [0, 0.05) is 11.7 Å². The molecule has 1 aromatic carbocycles. The summed E-state index contributed by atoms with van der Waals surface area (Å²) in [6.45, 7) is 3.63. The Bertz CT molecular complexity index is 460. The van der Waals surface area contributed by atoms with Crippen LogP contribution >= 0.6 is 11.8 Å². The van der Waals surface area contributed by atoms with E-state index < -0.39 is 5.97 Å². The molecular formula is C13H17NO3S. The molecule has 1 aromatic rings. The second kappa shape index (κ2) is 6.44. The third-order valence-electron chi connectivity index (χ3n) is 2.53. The first-order valence-corrected chi connectivity index (χ1v) is 6.98. The number of rotatable bonds is 5. The van der Waals surface area contributed by atoms with Crippen molar-refractivity contribution in [1.29, 1.82) is 0 Å². The van der Waals surface area contributed by atoms with Crippen LogP contribution in [-0.4, -0.2) is 29.0 Å². The van der Waals surface area contributed by atoms with Crippen LogP contribution in [0.3, 0.4) is 0 Å². The molecule has 4 nitrogen and oxygen atoms in total. The highest BCUT2D eigenvalue weighted by Gasteiger charge is 2.16. The quantitative estimate of drug-likeness (QED) is 0.860. The maximum atomic E-state index is 11.8. The molecule has 0 aromatic heterocycles. The summed E-state index contributed by atoms with van der Waals surface area (Å²) in [6.07, 6.45) is 1.93. The van der Waals surface area contributed by atoms with Gasteiger partial charge in [-0.05, 0) is 25.3 Å². The minimum atomic E-state index is -1.04. The summed E-state index contributed by atoms with van der Waals surface area (Å²) in [7, 11) is 0. The highest BCUT2D eigenvalue weighted by atomic mass is 32.2. The van der Waals surface area contributed by atoms with E-state index in [2.05, 4.69) is 5.32 Å². The average Bonchev–Trinajstić information content (AvgIpc) is 2.31. The lowest BCUT2D eigenvalue weighted by atomic mass is 10.1. The zero-order valence-electron chi connectivity index (χ0n) is 10.7. The van der Waals surface area contributed by atoms with Gasteiger partial charge in [-0.3, -0.25) is 4.79 Å². The van der Waals surface area contributed by atoms with Gasteiger partial charge >= 0.3 is 5.97 Å². The van der Waals surface area contributed by atoms with Crippen molar-refractivity contribution in [3.63, 3.8) is 0 Å². The molecule has 1 atom stereocenters. The monoisotopic (exact) mass is 267 g/mol. The molecule has 0 fully saturated rings. The number of amides is 1. The van der Waals surface area contributed by atoms with Crippen LogP contribution in [0.5, 0.6) is 0 Å². The lowest BCUT2D eigenvalue weighted by Crippen LogP contribution is -2.23. The van der Waals surface area contributed by atoms with E-state index in [0.717, 1.165) is 5.56 Å². The van der Waals surface area contributed by atoms with Crippen LogP contribution in [0.2, 0.25) is 0 Å². The Kier molecular flexibility index (Phi) is 5.22. The van der Waals surface area contributed by atoms with E-state index in [-0.39, 0.29) is 17.4 Å². The number of anilines is 1. The van der Waals surface area contributed by atoms with Gasteiger partial charge in [0.25, 0.3) is 0 Å². The molecule has 1 unspecified atom stereocenters. The number of aryl methyl sites for hydroxylation is 1. The van der Waals surface area contributed by atoms with Crippen LogP contribution in [0.15, 0.2) is 18.2 Å². The highest BCUT2D eigenvalue weighted by Crippen LogP contribution is 2.18. The number of benzene rings is 1. The Morgan fingerprint density at radius 3 is 2.67 bits per heavy atom. The van der Waals surface area contributed by atoms with Crippen LogP contribution in [0.1, 0.15) is 22.8 Å². The molecule has 0 bridgehead atoms. The van der Waals surface area contributed by atoms with Crippen LogP contribution in [0.4, 0.5) is 5.69 Å². The van der Waals surface area contributed by atoms with E-state index >= 15 is 0 Å². The first kappa shape index (κ1) is 14.6. The standard InChI is InChI=1S/C13H17NO3S/c1-8-4-5-11(10(6-8)13(16)17)14-12(15)9(2)7-18-3/h4-6,9H,7H2,1-3H3,(H,14,15)(H,16,17). The number of carbonyl (C=O) groups excluding carboxylic acids is 1. The smallest absolute Gasteiger partial charge is 0.337 e. The van der Waals surface area contributed by atoms with Crippen LogP contribution in [0.25, 0.3) is 0 Å². The number of nitrogens with one attached hydrogen (secondary N) is 1. The molecular weight excluding hydrogens is 250 g/mol. The van der Waals surface area contributed by atoms with Gasteiger partial charge in [0.2, 0.25) is 5.91 Å². The predicted octanol–water partition coefficient (Wildman–Crippen LogP) is 2.63. The lowest BCUT2D eigenvalue weighted by molar-refractivity contribution is -0.118. The molecule has 98 valence electrons. The molecule has 2 N–H and O–H groups in total. The first-order chi connectivity index (χ1) is 8.45. The summed E-state index contributed by atoms with van der Waals surface area (Å²) < 4.78 is 0. The summed E-state index contributed by atoms with van der Waals surface area (Å²) >= 11 is 1.58. The molecule has 0 saturated heterocycles. The van der Waals surface area contributed by atoms with Crippen molar-refractivity contribution >= 4 is 29.3 Å². The van der Waals surface area contributed by atoms with Crippen molar-refractivity contribution in [2.45, 2.75) is 13.8 Å². The largest absolute Gasteiger partial charge is 0.478 e.